The van der Waals surface area contributed by atoms with Crippen LogP contribution in [0, 0.1) is 0 Å². The zero-order chi connectivity index (χ0) is 14.8. The van der Waals surface area contributed by atoms with E-state index in [0.29, 0.717) is 6.54 Å². The van der Waals surface area contributed by atoms with Gasteiger partial charge in [-0.25, -0.2) is 4.68 Å². The molecule has 1 aliphatic heterocycles. The zero-order valence-electron chi connectivity index (χ0n) is 12.4. The van der Waals surface area contributed by atoms with Crippen molar-refractivity contribution in [2.75, 3.05) is 24.5 Å². The fraction of sp³-hybridized carbons (Fsp3) is 0.714. The average Bonchev–Trinajstić information content (AvgIpc) is 2.41. The first-order valence-electron chi connectivity index (χ1n) is 7.21. The molecule has 2 rings (SSSR count). The first-order chi connectivity index (χ1) is 9.47. The maximum Gasteiger partial charge on any atom is 0.287 e. The predicted molar refractivity (Wildman–Crippen MR) is 82.7 cm³/mol. The van der Waals surface area contributed by atoms with Crippen LogP contribution in [0.2, 0.25) is 5.02 Å². The van der Waals surface area contributed by atoms with Crippen LogP contribution in [0.1, 0.15) is 33.6 Å². The van der Waals surface area contributed by atoms with E-state index in [1.807, 2.05) is 0 Å². The number of piperazine rings is 1. The number of hydrogen-bond donors (Lipinski definition) is 1. The third-order valence-electron chi connectivity index (χ3n) is 3.78. The van der Waals surface area contributed by atoms with Crippen molar-refractivity contribution in [1.29, 1.82) is 0 Å². The topological polar surface area (TPSA) is 50.2 Å². The summed E-state index contributed by atoms with van der Waals surface area (Å²) in [7, 11) is 0. The van der Waals surface area contributed by atoms with Gasteiger partial charge < -0.3 is 10.2 Å². The van der Waals surface area contributed by atoms with E-state index in [4.69, 9.17) is 11.6 Å². The van der Waals surface area contributed by atoms with Gasteiger partial charge in [0.1, 0.15) is 5.02 Å². The lowest BCUT2D eigenvalue weighted by atomic mass is 9.99. The summed E-state index contributed by atoms with van der Waals surface area (Å²) in [4.78, 5) is 14.4. The highest BCUT2D eigenvalue weighted by atomic mass is 35.5. The van der Waals surface area contributed by atoms with Gasteiger partial charge >= 0.3 is 0 Å². The normalized spacial score (nSPS) is 18.3. The number of halogens is 1. The summed E-state index contributed by atoms with van der Waals surface area (Å²) in [6.45, 7) is 9.56. The lowest BCUT2D eigenvalue weighted by Gasteiger charge is -2.44. The quantitative estimate of drug-likeness (QED) is 0.922. The summed E-state index contributed by atoms with van der Waals surface area (Å²) in [5, 5.41) is 7.92. The van der Waals surface area contributed by atoms with Gasteiger partial charge in [-0.2, -0.15) is 5.10 Å². The monoisotopic (exact) mass is 298 g/mol. The first kappa shape index (κ1) is 15.3. The van der Waals surface area contributed by atoms with Crippen molar-refractivity contribution in [2.45, 2.75) is 45.7 Å². The van der Waals surface area contributed by atoms with Gasteiger partial charge in [-0.1, -0.05) is 24.9 Å². The van der Waals surface area contributed by atoms with E-state index < -0.39 is 0 Å². The summed E-state index contributed by atoms with van der Waals surface area (Å²) < 4.78 is 1.46. The molecule has 1 saturated heterocycles. The van der Waals surface area contributed by atoms with Gasteiger partial charge in [-0.15, -0.1) is 0 Å². The van der Waals surface area contributed by atoms with Crippen LogP contribution in [0.25, 0.3) is 0 Å². The van der Waals surface area contributed by atoms with Crippen molar-refractivity contribution in [3.05, 3.63) is 21.6 Å². The molecule has 0 amide bonds. The molecule has 2 heterocycles. The van der Waals surface area contributed by atoms with Crippen LogP contribution in [0.5, 0.6) is 0 Å². The highest BCUT2D eigenvalue weighted by Crippen LogP contribution is 2.28. The van der Waals surface area contributed by atoms with E-state index in [1.165, 1.54) is 4.68 Å². The van der Waals surface area contributed by atoms with Gasteiger partial charge in [0.05, 0.1) is 11.9 Å². The minimum absolute atomic E-state index is 0.0778. The summed E-state index contributed by atoms with van der Waals surface area (Å²) in [6.07, 6.45) is 3.69. The fourth-order valence-electron chi connectivity index (χ4n) is 2.54. The van der Waals surface area contributed by atoms with Crippen molar-refractivity contribution >= 4 is 17.3 Å². The van der Waals surface area contributed by atoms with Crippen LogP contribution in [0.4, 0.5) is 5.69 Å². The lowest BCUT2D eigenvalue weighted by Crippen LogP contribution is -2.58. The fourth-order valence-corrected chi connectivity index (χ4v) is 2.79. The third-order valence-corrected chi connectivity index (χ3v) is 4.14. The molecule has 0 radical (unpaired) electrons. The molecular formula is C14H23ClN4O. The maximum absolute atomic E-state index is 12.3. The molecular weight excluding hydrogens is 276 g/mol. The van der Waals surface area contributed by atoms with Crippen LogP contribution in [0.3, 0.4) is 0 Å². The Morgan fingerprint density at radius 2 is 2.25 bits per heavy atom. The molecule has 1 aliphatic rings. The Balaban J connectivity index is 2.33. The molecule has 112 valence electrons. The number of hydrogen-bond acceptors (Lipinski definition) is 4. The van der Waals surface area contributed by atoms with E-state index in [0.717, 1.165) is 38.2 Å². The second-order valence-corrected chi connectivity index (χ2v) is 6.24. The second-order valence-electron chi connectivity index (χ2n) is 5.87. The summed E-state index contributed by atoms with van der Waals surface area (Å²) in [6, 6.07) is 0. The number of nitrogens with zero attached hydrogens (tertiary/aromatic N) is 3. The third kappa shape index (κ3) is 2.99. The second kappa shape index (κ2) is 6.14. The van der Waals surface area contributed by atoms with Gasteiger partial charge in [0.2, 0.25) is 0 Å². The number of unbranched alkanes of at least 4 members (excludes halogenated alkanes) is 1. The van der Waals surface area contributed by atoms with Gasteiger partial charge in [0.15, 0.2) is 0 Å². The van der Waals surface area contributed by atoms with E-state index in [1.54, 1.807) is 6.20 Å². The van der Waals surface area contributed by atoms with Crippen LogP contribution >= 0.6 is 11.6 Å². The van der Waals surface area contributed by atoms with Crippen molar-refractivity contribution in [3.8, 4) is 0 Å². The molecule has 0 spiro atoms. The van der Waals surface area contributed by atoms with Crippen LogP contribution < -0.4 is 15.8 Å². The highest BCUT2D eigenvalue weighted by molar-refractivity contribution is 6.33. The molecule has 1 aromatic rings. The van der Waals surface area contributed by atoms with Gasteiger partial charge in [-0.05, 0) is 20.3 Å². The molecule has 5 nitrogen and oxygen atoms in total. The van der Waals surface area contributed by atoms with E-state index >= 15 is 0 Å². The van der Waals surface area contributed by atoms with Gasteiger partial charge in [0, 0.05) is 31.7 Å². The number of rotatable bonds is 4. The molecule has 0 atom stereocenters. The Labute approximate surface area is 124 Å². The lowest BCUT2D eigenvalue weighted by molar-refractivity contribution is 0.379. The minimum atomic E-state index is -0.188. The Morgan fingerprint density at radius 3 is 2.90 bits per heavy atom. The predicted octanol–water partition coefficient (Wildman–Crippen LogP) is 1.88. The average molecular weight is 299 g/mol. The van der Waals surface area contributed by atoms with Crippen molar-refractivity contribution in [1.82, 2.24) is 15.1 Å². The molecule has 20 heavy (non-hydrogen) atoms. The molecule has 1 aromatic heterocycles. The zero-order valence-corrected chi connectivity index (χ0v) is 13.2. The number of nitrogens with one attached hydrogen (secondary N) is 1. The Kier molecular flexibility index (Phi) is 4.70. The Morgan fingerprint density at radius 1 is 1.50 bits per heavy atom. The van der Waals surface area contributed by atoms with Crippen LogP contribution in [-0.2, 0) is 6.54 Å². The number of aryl methyl sites for hydroxylation is 1. The van der Waals surface area contributed by atoms with Crippen molar-refractivity contribution in [3.63, 3.8) is 0 Å². The maximum atomic E-state index is 12.3. The molecule has 1 fully saturated rings. The SMILES string of the molecule is CCCCn1ncc(N2CCNCC2(C)C)c(Cl)c1=O. The molecule has 0 bridgehead atoms. The van der Waals surface area contributed by atoms with Gasteiger partial charge in [0.25, 0.3) is 5.56 Å². The number of aromatic nitrogens is 2. The smallest absolute Gasteiger partial charge is 0.287 e. The number of anilines is 1. The molecule has 0 aliphatic carbocycles. The van der Waals surface area contributed by atoms with E-state index in [2.05, 4.69) is 36.1 Å². The molecule has 0 saturated carbocycles. The van der Waals surface area contributed by atoms with E-state index in [-0.39, 0.29) is 16.1 Å². The first-order valence-corrected chi connectivity index (χ1v) is 7.59. The largest absolute Gasteiger partial charge is 0.361 e. The summed E-state index contributed by atoms with van der Waals surface area (Å²) in [5.74, 6) is 0. The van der Waals surface area contributed by atoms with Crippen LogP contribution in [0.15, 0.2) is 11.0 Å². The minimum Gasteiger partial charge on any atom is -0.361 e. The standard InChI is InChI=1S/C14H23ClN4O/c1-4-5-7-19-13(20)12(15)11(9-17-19)18-8-6-16-10-14(18,2)3/h9,16H,4-8,10H2,1-3H3. The molecule has 0 aromatic carbocycles. The van der Waals surface area contributed by atoms with Gasteiger partial charge in [-0.3, -0.25) is 4.79 Å². The van der Waals surface area contributed by atoms with E-state index in [9.17, 15) is 4.79 Å². The molecule has 1 N–H and O–H groups in total. The Bertz CT molecular complexity index is 526. The molecule has 6 heteroatoms. The highest BCUT2D eigenvalue weighted by Gasteiger charge is 2.31. The van der Waals surface area contributed by atoms with Crippen molar-refractivity contribution in [2.24, 2.45) is 0 Å². The van der Waals surface area contributed by atoms with Crippen LogP contribution in [-0.4, -0.2) is 35.0 Å². The van der Waals surface area contributed by atoms with Crippen molar-refractivity contribution < 1.29 is 0 Å². The summed E-state index contributed by atoms with van der Waals surface area (Å²) >= 11 is 6.30. The molecule has 0 unspecified atom stereocenters. The Hall–Kier alpha value is -1.07. The summed E-state index contributed by atoms with van der Waals surface area (Å²) in [5.41, 5.74) is 0.480.